The molecule has 2 N–H and O–H groups in total. The summed E-state index contributed by atoms with van der Waals surface area (Å²) >= 11 is 0. The fourth-order valence-electron chi connectivity index (χ4n) is 7.00. The second-order valence-electron chi connectivity index (χ2n) is 15.6. The SMILES string of the molecule is CCCCCCCCCCCCCCCCCCCCCC(=O)OCC(CO)OC(=O)CCCCCCCCCCCCCCCCCCC(=O)O. The first-order valence-electron chi connectivity index (χ1n) is 22.7. The van der Waals surface area contributed by atoms with Gasteiger partial charge in [-0.25, -0.2) is 0 Å². The summed E-state index contributed by atoms with van der Waals surface area (Å²) in [5.74, 6) is -1.29. The number of carbonyl (C=O) groups is 3. The number of esters is 2. The Hall–Kier alpha value is -1.63. The van der Waals surface area contributed by atoms with E-state index < -0.39 is 12.1 Å². The maximum atomic E-state index is 12.2. The number of carboxylic acids is 1. The Morgan fingerprint density at radius 3 is 0.962 bits per heavy atom. The van der Waals surface area contributed by atoms with E-state index in [1.54, 1.807) is 0 Å². The van der Waals surface area contributed by atoms with E-state index in [0.717, 1.165) is 57.8 Å². The van der Waals surface area contributed by atoms with E-state index in [9.17, 15) is 19.5 Å². The summed E-state index contributed by atoms with van der Waals surface area (Å²) in [5.41, 5.74) is 0. The molecule has 308 valence electrons. The van der Waals surface area contributed by atoms with Crippen LogP contribution in [0.2, 0.25) is 0 Å². The summed E-state index contributed by atoms with van der Waals surface area (Å²) in [6, 6.07) is 0. The second-order valence-corrected chi connectivity index (χ2v) is 15.6. The summed E-state index contributed by atoms with van der Waals surface area (Å²) in [4.78, 5) is 34.8. The lowest BCUT2D eigenvalue weighted by molar-refractivity contribution is -0.161. The van der Waals surface area contributed by atoms with Gasteiger partial charge in [0.1, 0.15) is 6.61 Å². The lowest BCUT2D eigenvalue weighted by atomic mass is 10.0. The van der Waals surface area contributed by atoms with Crippen molar-refractivity contribution in [3.63, 3.8) is 0 Å². The van der Waals surface area contributed by atoms with Gasteiger partial charge in [-0.05, 0) is 19.3 Å². The highest BCUT2D eigenvalue weighted by Crippen LogP contribution is 2.17. The molecule has 7 nitrogen and oxygen atoms in total. The van der Waals surface area contributed by atoms with E-state index in [1.807, 2.05) is 0 Å². The topological polar surface area (TPSA) is 110 Å². The average Bonchev–Trinajstić information content (AvgIpc) is 3.13. The third-order valence-electron chi connectivity index (χ3n) is 10.4. The highest BCUT2D eigenvalue weighted by atomic mass is 16.6. The molecule has 1 atom stereocenters. The van der Waals surface area contributed by atoms with Crippen LogP contribution in [0.15, 0.2) is 0 Å². The van der Waals surface area contributed by atoms with Gasteiger partial charge in [0.25, 0.3) is 0 Å². The van der Waals surface area contributed by atoms with Gasteiger partial charge in [-0.15, -0.1) is 0 Å². The predicted molar refractivity (Wildman–Crippen MR) is 217 cm³/mol. The zero-order valence-electron chi connectivity index (χ0n) is 34.3. The standard InChI is InChI=1S/C45H86O7/c1-2-3-4-5-6-7-8-9-10-11-12-13-17-20-23-26-29-32-35-38-44(49)51-41-42(40-46)52-45(50)39-36-33-30-27-24-21-18-15-14-16-19-22-25-28-31-34-37-43(47)48/h42,46H,2-41H2,1H3,(H,47,48). The molecule has 0 aliphatic heterocycles. The third-order valence-corrected chi connectivity index (χ3v) is 10.4. The molecule has 0 spiro atoms. The minimum atomic E-state index is -0.781. The van der Waals surface area contributed by atoms with Crippen LogP contribution >= 0.6 is 0 Å². The Morgan fingerprint density at radius 2 is 0.673 bits per heavy atom. The number of hydrogen-bond donors (Lipinski definition) is 2. The Bertz CT molecular complexity index is 771. The summed E-state index contributed by atoms with van der Waals surface area (Å²) in [6.45, 7) is 1.87. The van der Waals surface area contributed by atoms with Crippen LogP contribution in [0.25, 0.3) is 0 Å². The number of hydrogen-bond acceptors (Lipinski definition) is 6. The van der Waals surface area contributed by atoms with Gasteiger partial charge in [0.2, 0.25) is 0 Å². The molecule has 0 saturated heterocycles. The Kier molecular flexibility index (Phi) is 40.8. The number of rotatable bonds is 43. The molecule has 0 saturated carbocycles. The lowest BCUT2D eigenvalue weighted by Gasteiger charge is -2.15. The number of aliphatic hydroxyl groups is 1. The van der Waals surface area contributed by atoms with Crippen LogP contribution in [-0.4, -0.2) is 47.4 Å². The molecular formula is C45H86O7. The minimum absolute atomic E-state index is 0.0730. The summed E-state index contributed by atoms with van der Waals surface area (Å²) in [6.07, 6.45) is 44.0. The van der Waals surface area contributed by atoms with E-state index >= 15 is 0 Å². The summed E-state index contributed by atoms with van der Waals surface area (Å²) in [7, 11) is 0. The van der Waals surface area contributed by atoms with Gasteiger partial charge in [-0.2, -0.15) is 0 Å². The van der Waals surface area contributed by atoms with E-state index in [0.29, 0.717) is 19.3 Å². The van der Waals surface area contributed by atoms with Crippen LogP contribution in [0.4, 0.5) is 0 Å². The largest absolute Gasteiger partial charge is 0.481 e. The van der Waals surface area contributed by atoms with Crippen LogP contribution in [0, 0.1) is 0 Å². The van der Waals surface area contributed by atoms with Gasteiger partial charge in [-0.3, -0.25) is 14.4 Å². The molecule has 7 heteroatoms. The van der Waals surface area contributed by atoms with Crippen LogP contribution in [0.3, 0.4) is 0 Å². The normalized spacial score (nSPS) is 11.9. The molecule has 0 fully saturated rings. The van der Waals surface area contributed by atoms with Crippen molar-refractivity contribution in [1.82, 2.24) is 0 Å². The van der Waals surface area contributed by atoms with Crippen LogP contribution in [0.1, 0.15) is 251 Å². The molecular weight excluding hydrogens is 652 g/mol. The van der Waals surface area contributed by atoms with Crippen molar-refractivity contribution < 1.29 is 34.1 Å². The number of carbonyl (C=O) groups excluding carboxylic acids is 2. The molecule has 0 rings (SSSR count). The molecule has 52 heavy (non-hydrogen) atoms. The first-order chi connectivity index (χ1) is 25.5. The fourth-order valence-corrected chi connectivity index (χ4v) is 7.00. The van der Waals surface area contributed by atoms with Gasteiger partial charge >= 0.3 is 17.9 Å². The first-order valence-corrected chi connectivity index (χ1v) is 22.7. The molecule has 0 aliphatic carbocycles. The van der Waals surface area contributed by atoms with Gasteiger partial charge < -0.3 is 19.7 Å². The molecule has 0 aromatic rings. The van der Waals surface area contributed by atoms with Crippen molar-refractivity contribution in [2.45, 2.75) is 257 Å². The molecule has 1 unspecified atom stereocenters. The summed E-state index contributed by atoms with van der Waals surface area (Å²) < 4.78 is 10.6. The van der Waals surface area contributed by atoms with Gasteiger partial charge in [-0.1, -0.05) is 212 Å². The molecule has 0 radical (unpaired) electrons. The van der Waals surface area contributed by atoms with Gasteiger partial charge in [0, 0.05) is 19.3 Å². The van der Waals surface area contributed by atoms with E-state index in [1.165, 1.54) is 167 Å². The zero-order valence-corrected chi connectivity index (χ0v) is 34.3. The van der Waals surface area contributed by atoms with Crippen LogP contribution in [-0.2, 0) is 23.9 Å². The maximum absolute atomic E-state index is 12.2. The fraction of sp³-hybridized carbons (Fsp3) is 0.933. The van der Waals surface area contributed by atoms with Gasteiger partial charge in [0.15, 0.2) is 6.10 Å². The number of aliphatic carboxylic acids is 1. The number of carboxylic acid groups (broad SMARTS) is 1. The highest BCUT2D eigenvalue weighted by Gasteiger charge is 2.16. The Labute approximate surface area is 321 Å². The van der Waals surface area contributed by atoms with E-state index in [4.69, 9.17) is 14.6 Å². The van der Waals surface area contributed by atoms with Crippen molar-refractivity contribution in [1.29, 1.82) is 0 Å². The highest BCUT2D eigenvalue weighted by molar-refractivity contribution is 5.70. The molecule has 0 amide bonds. The Morgan fingerprint density at radius 1 is 0.404 bits per heavy atom. The number of unbranched alkanes of at least 4 members (excludes halogenated alkanes) is 33. The second kappa shape index (κ2) is 42.1. The quantitative estimate of drug-likeness (QED) is 0.0473. The molecule has 0 bridgehead atoms. The van der Waals surface area contributed by atoms with Crippen molar-refractivity contribution >= 4 is 17.9 Å². The zero-order chi connectivity index (χ0) is 38.0. The molecule has 0 heterocycles. The van der Waals surface area contributed by atoms with Crippen molar-refractivity contribution in [2.75, 3.05) is 13.2 Å². The van der Waals surface area contributed by atoms with Gasteiger partial charge in [0.05, 0.1) is 6.61 Å². The molecule has 0 aromatic heterocycles. The van der Waals surface area contributed by atoms with Crippen molar-refractivity contribution in [3.05, 3.63) is 0 Å². The number of ether oxygens (including phenoxy) is 2. The Balaban J connectivity index is 3.45. The minimum Gasteiger partial charge on any atom is -0.481 e. The lowest BCUT2D eigenvalue weighted by Crippen LogP contribution is -2.28. The van der Waals surface area contributed by atoms with E-state index in [-0.39, 0.29) is 25.2 Å². The maximum Gasteiger partial charge on any atom is 0.306 e. The predicted octanol–water partition coefficient (Wildman–Crippen LogP) is 13.4. The number of aliphatic hydroxyl groups excluding tert-OH is 1. The first kappa shape index (κ1) is 50.4. The average molecular weight is 739 g/mol. The van der Waals surface area contributed by atoms with Crippen molar-refractivity contribution in [3.8, 4) is 0 Å². The smallest absolute Gasteiger partial charge is 0.306 e. The molecule has 0 aromatic carbocycles. The monoisotopic (exact) mass is 739 g/mol. The van der Waals surface area contributed by atoms with Crippen molar-refractivity contribution in [2.24, 2.45) is 0 Å². The van der Waals surface area contributed by atoms with E-state index in [2.05, 4.69) is 6.92 Å². The third kappa shape index (κ3) is 41.1. The summed E-state index contributed by atoms with van der Waals surface area (Å²) in [5, 5.41) is 18.2. The van der Waals surface area contributed by atoms with Crippen LogP contribution in [0.5, 0.6) is 0 Å². The van der Waals surface area contributed by atoms with Crippen LogP contribution < -0.4 is 0 Å². The molecule has 0 aliphatic rings.